The number of carbonyl (C=O) groups is 1. The quantitative estimate of drug-likeness (QED) is 0.689. The Morgan fingerprint density at radius 3 is 2.27 bits per heavy atom. The number of carbonyl (C=O) groups excluding carboxylic acids is 1. The van der Waals surface area contributed by atoms with Crippen molar-refractivity contribution in [1.82, 2.24) is 0 Å². The van der Waals surface area contributed by atoms with Crippen LogP contribution in [0.3, 0.4) is 0 Å². The van der Waals surface area contributed by atoms with Gasteiger partial charge in [0.2, 0.25) is 5.91 Å². The van der Waals surface area contributed by atoms with Crippen molar-refractivity contribution in [3.05, 3.63) is 48.0 Å². The maximum absolute atomic E-state index is 12.7. The summed E-state index contributed by atoms with van der Waals surface area (Å²) in [6, 6.07) is 8.95. The molecule has 2 N–H and O–H groups in total. The maximum atomic E-state index is 12.7. The van der Waals surface area contributed by atoms with E-state index in [-0.39, 0.29) is 29.1 Å². The van der Waals surface area contributed by atoms with E-state index in [1.54, 1.807) is 12.1 Å². The van der Waals surface area contributed by atoms with Crippen molar-refractivity contribution < 1.29 is 31.6 Å². The largest absolute Gasteiger partial charge is 0.495 e. The molecule has 0 bridgehead atoms. The van der Waals surface area contributed by atoms with E-state index in [0.717, 1.165) is 12.1 Å². The van der Waals surface area contributed by atoms with E-state index in [1.807, 2.05) is 0 Å². The zero-order valence-electron chi connectivity index (χ0n) is 16.1. The van der Waals surface area contributed by atoms with Gasteiger partial charge in [0.15, 0.2) is 0 Å². The number of anilines is 1. The zero-order valence-corrected chi connectivity index (χ0v) is 16.9. The Balaban J connectivity index is 1.73. The molecule has 0 aliphatic carbocycles. The number of amides is 1. The molecule has 2 aromatic rings. The highest BCUT2D eigenvalue weighted by Gasteiger charge is 2.30. The lowest BCUT2D eigenvalue weighted by Crippen LogP contribution is -2.31. The first-order valence-corrected chi connectivity index (χ1v) is 11.1. The molecule has 1 aliphatic rings. The van der Waals surface area contributed by atoms with Gasteiger partial charge in [-0.1, -0.05) is 0 Å². The molecule has 1 saturated heterocycles. The summed E-state index contributed by atoms with van der Waals surface area (Å²) in [6.07, 6.45) is -3.68. The summed E-state index contributed by atoms with van der Waals surface area (Å²) in [6.45, 7) is 0. The van der Waals surface area contributed by atoms with Crippen LogP contribution in [-0.2, 0) is 20.7 Å². The van der Waals surface area contributed by atoms with Gasteiger partial charge in [-0.2, -0.15) is 13.2 Å². The second-order valence-electron chi connectivity index (χ2n) is 6.97. The van der Waals surface area contributed by atoms with E-state index < -0.39 is 21.5 Å². The van der Waals surface area contributed by atoms with Crippen LogP contribution in [0.15, 0.2) is 42.5 Å². The molecule has 2 aromatic carbocycles. The zero-order chi connectivity index (χ0) is 21.9. The van der Waals surface area contributed by atoms with Crippen molar-refractivity contribution in [2.24, 2.45) is 5.92 Å². The average molecular weight is 442 g/mol. The summed E-state index contributed by atoms with van der Waals surface area (Å²) < 4.78 is 68.3. The Kier molecular flexibility index (Phi) is 6.25. The Morgan fingerprint density at radius 2 is 1.70 bits per heavy atom. The third kappa shape index (κ3) is 5.44. The van der Waals surface area contributed by atoms with Gasteiger partial charge in [-0.25, -0.2) is 4.21 Å². The van der Waals surface area contributed by atoms with E-state index in [9.17, 15) is 22.2 Å². The summed E-state index contributed by atoms with van der Waals surface area (Å²) in [5.41, 5.74) is -0.425. The second kappa shape index (κ2) is 8.55. The first-order chi connectivity index (χ1) is 14.1. The minimum Gasteiger partial charge on any atom is -0.495 e. The molecule has 3 rings (SSSR count). The van der Waals surface area contributed by atoms with Gasteiger partial charge in [0, 0.05) is 33.2 Å². The van der Waals surface area contributed by atoms with Gasteiger partial charge in [-0.3, -0.25) is 9.57 Å². The molecule has 0 spiro atoms. The summed E-state index contributed by atoms with van der Waals surface area (Å²) in [4.78, 5) is 12.6. The van der Waals surface area contributed by atoms with Crippen molar-refractivity contribution >= 4 is 21.3 Å². The summed E-state index contributed by atoms with van der Waals surface area (Å²) in [5, 5.41) is 2.77. The summed E-state index contributed by atoms with van der Waals surface area (Å²) >= 11 is 0. The van der Waals surface area contributed by atoms with Crippen LogP contribution in [0.4, 0.5) is 18.9 Å². The van der Waals surface area contributed by atoms with Crippen LogP contribution >= 0.6 is 0 Å². The first kappa shape index (κ1) is 21.9. The average Bonchev–Trinajstić information content (AvgIpc) is 2.68. The molecule has 0 atom stereocenters. The number of alkyl halides is 3. The highest BCUT2D eigenvalue weighted by Crippen LogP contribution is 2.34. The number of ether oxygens (including phenoxy) is 2. The van der Waals surface area contributed by atoms with Crippen molar-refractivity contribution in [2.45, 2.75) is 19.0 Å². The Labute approximate surface area is 172 Å². The molecule has 0 unspecified atom stereocenters. The number of nitrogens with one attached hydrogen (secondary N) is 2. The monoisotopic (exact) mass is 442 g/mol. The fraction of sp³-hybridized carbons (Fsp3) is 0.350. The van der Waals surface area contributed by atoms with Crippen LogP contribution in [0, 0.1) is 10.7 Å². The number of benzene rings is 2. The van der Waals surface area contributed by atoms with E-state index in [4.69, 9.17) is 14.3 Å². The molecule has 0 saturated carbocycles. The molecule has 30 heavy (non-hydrogen) atoms. The molecule has 0 radical (unpaired) electrons. The van der Waals surface area contributed by atoms with Crippen LogP contribution in [0.5, 0.6) is 17.2 Å². The standard InChI is InChI=1S/C20H21F3N2O4S/c1-28-18-7-6-16(29-15-4-2-14(3-5-15)20(21,22)23)12-17(18)25-19(26)13-8-10-30(24,27)11-9-13/h2-7,12-13,24H,8-11H2,1H3,(H,25,26). The van der Waals surface area contributed by atoms with Gasteiger partial charge in [0.1, 0.15) is 17.2 Å². The lowest BCUT2D eigenvalue weighted by Gasteiger charge is -2.23. The third-order valence-electron chi connectivity index (χ3n) is 4.81. The van der Waals surface area contributed by atoms with Gasteiger partial charge in [0.25, 0.3) is 0 Å². The van der Waals surface area contributed by atoms with Crippen LogP contribution < -0.4 is 14.8 Å². The summed E-state index contributed by atoms with van der Waals surface area (Å²) in [7, 11) is -1.14. The van der Waals surface area contributed by atoms with Crippen molar-refractivity contribution in [3.63, 3.8) is 0 Å². The number of hydrogen-bond donors (Lipinski definition) is 2. The molecule has 1 amide bonds. The lowest BCUT2D eigenvalue weighted by atomic mass is 10.0. The van der Waals surface area contributed by atoms with Gasteiger partial charge >= 0.3 is 6.18 Å². The minimum absolute atomic E-state index is 0.194. The molecular weight excluding hydrogens is 421 g/mol. The lowest BCUT2D eigenvalue weighted by molar-refractivity contribution is -0.137. The fourth-order valence-electron chi connectivity index (χ4n) is 3.10. The number of halogens is 3. The topological polar surface area (TPSA) is 88.5 Å². The molecular formula is C20H21F3N2O4S. The van der Waals surface area contributed by atoms with Gasteiger partial charge in [0.05, 0.1) is 18.4 Å². The number of hydrogen-bond acceptors (Lipinski definition) is 5. The van der Waals surface area contributed by atoms with Crippen LogP contribution in [-0.4, -0.2) is 28.7 Å². The van der Waals surface area contributed by atoms with Crippen molar-refractivity contribution in [3.8, 4) is 17.2 Å². The SMILES string of the molecule is COc1ccc(Oc2ccc(C(F)(F)F)cc2)cc1NC(=O)C1CCS(=N)(=O)CC1. The Hall–Kier alpha value is -2.75. The van der Waals surface area contributed by atoms with Crippen LogP contribution in [0.25, 0.3) is 0 Å². The first-order valence-electron chi connectivity index (χ1n) is 9.15. The molecule has 1 heterocycles. The third-order valence-corrected chi connectivity index (χ3v) is 6.60. The normalized spacial score (nSPS) is 21.7. The van der Waals surface area contributed by atoms with E-state index in [1.165, 1.54) is 25.3 Å². The molecule has 162 valence electrons. The molecule has 1 aliphatic heterocycles. The predicted octanol–water partition coefficient (Wildman–Crippen LogP) is 4.90. The van der Waals surface area contributed by atoms with Crippen LogP contribution in [0.1, 0.15) is 18.4 Å². The van der Waals surface area contributed by atoms with Crippen LogP contribution in [0.2, 0.25) is 0 Å². The smallest absolute Gasteiger partial charge is 0.416 e. The Morgan fingerprint density at radius 1 is 1.10 bits per heavy atom. The second-order valence-corrected chi connectivity index (χ2v) is 9.41. The molecule has 6 nitrogen and oxygen atoms in total. The van der Waals surface area contributed by atoms with Crippen molar-refractivity contribution in [2.75, 3.05) is 23.9 Å². The number of methoxy groups -OCH3 is 1. The minimum atomic E-state index is -4.43. The van der Waals surface area contributed by atoms with Gasteiger partial charge in [-0.15, -0.1) is 0 Å². The predicted molar refractivity (Wildman–Crippen MR) is 106 cm³/mol. The molecule has 10 heteroatoms. The van der Waals surface area contributed by atoms with E-state index in [0.29, 0.717) is 30.0 Å². The van der Waals surface area contributed by atoms with Gasteiger partial charge < -0.3 is 14.8 Å². The summed E-state index contributed by atoms with van der Waals surface area (Å²) in [5.74, 6) is 0.678. The van der Waals surface area contributed by atoms with E-state index >= 15 is 0 Å². The van der Waals surface area contributed by atoms with E-state index in [2.05, 4.69) is 5.32 Å². The van der Waals surface area contributed by atoms with Gasteiger partial charge in [-0.05, 0) is 49.2 Å². The molecule has 0 aromatic heterocycles. The Bertz CT molecular complexity index is 1010. The maximum Gasteiger partial charge on any atom is 0.416 e. The highest BCUT2D eigenvalue weighted by molar-refractivity contribution is 7.92. The van der Waals surface area contributed by atoms with Crippen molar-refractivity contribution in [1.29, 1.82) is 4.78 Å². The molecule has 1 fully saturated rings. The number of rotatable bonds is 5. The highest BCUT2D eigenvalue weighted by atomic mass is 32.2. The fourth-order valence-corrected chi connectivity index (χ4v) is 4.64.